The third kappa shape index (κ3) is 7.77. The number of morpholine rings is 1. The van der Waals surface area contributed by atoms with E-state index < -0.39 is 6.35 Å². The Morgan fingerprint density at radius 3 is 2.55 bits per heavy atom. The number of amides is 1. The number of anilines is 5. The number of ether oxygens (including phenoxy) is 3. The van der Waals surface area contributed by atoms with Crippen molar-refractivity contribution in [2.45, 2.75) is 31.8 Å². The molecule has 1 aromatic carbocycles. The summed E-state index contributed by atoms with van der Waals surface area (Å²) in [5, 5.41) is 15.7. The van der Waals surface area contributed by atoms with Gasteiger partial charge in [-0.25, -0.2) is 9.97 Å². The number of carbonyl (C=O) groups is 1. The minimum Gasteiger partial charge on any atom is -0.497 e. The molecule has 1 amide bonds. The quantitative estimate of drug-likeness (QED) is 0.301. The molecule has 2 fully saturated rings. The molecule has 0 saturated carbocycles. The largest absolute Gasteiger partial charge is 0.497 e. The van der Waals surface area contributed by atoms with Gasteiger partial charge in [0.2, 0.25) is 18.2 Å². The summed E-state index contributed by atoms with van der Waals surface area (Å²) in [6, 6.07) is 7.27. The zero-order valence-electron chi connectivity index (χ0n) is 28.4. The van der Waals surface area contributed by atoms with Gasteiger partial charge in [0.1, 0.15) is 28.2 Å². The second-order valence-corrected chi connectivity index (χ2v) is 12.8. The first-order valence-electron chi connectivity index (χ1n) is 16.4. The number of pyridine rings is 1. The second kappa shape index (κ2) is 15.5. The number of piperidine rings is 1. The van der Waals surface area contributed by atoms with Crippen LogP contribution in [0.4, 0.5) is 29.0 Å². The number of rotatable bonds is 10. The Morgan fingerprint density at radius 2 is 1.88 bits per heavy atom. The van der Waals surface area contributed by atoms with Gasteiger partial charge in [0.25, 0.3) is 0 Å². The van der Waals surface area contributed by atoms with Crippen LogP contribution in [0.3, 0.4) is 0 Å². The summed E-state index contributed by atoms with van der Waals surface area (Å²) in [5.74, 6) is 2.52. The lowest BCUT2D eigenvalue weighted by atomic mass is 10.0. The van der Waals surface area contributed by atoms with Crippen molar-refractivity contribution in [1.82, 2.24) is 24.8 Å². The Labute approximate surface area is 291 Å². The number of benzene rings is 1. The highest BCUT2D eigenvalue weighted by Crippen LogP contribution is 2.43. The fraction of sp³-hybridized carbons (Fsp3) is 0.471. The van der Waals surface area contributed by atoms with Gasteiger partial charge in [-0.05, 0) is 39.1 Å². The fourth-order valence-corrected chi connectivity index (χ4v) is 6.63. The van der Waals surface area contributed by atoms with Crippen molar-refractivity contribution in [2.75, 3.05) is 94.3 Å². The number of likely N-dealkylation sites (N-methyl/N-ethyl adjacent to an activating group) is 1. The van der Waals surface area contributed by atoms with E-state index in [1.165, 1.54) is 7.11 Å². The molecule has 14 nitrogen and oxygen atoms in total. The number of hydrogen-bond donors (Lipinski definition) is 2. The molecule has 5 heterocycles. The first-order chi connectivity index (χ1) is 23.7. The molecule has 15 heteroatoms. The van der Waals surface area contributed by atoms with E-state index in [0.717, 1.165) is 24.3 Å². The Kier molecular flexibility index (Phi) is 10.9. The summed E-state index contributed by atoms with van der Waals surface area (Å²) in [7, 11) is 7.03. The van der Waals surface area contributed by atoms with E-state index >= 15 is 0 Å². The number of likely N-dealkylation sites (tertiary alicyclic amines) is 1. The standard InChI is InChI=1S/C34H44ClN9O5/c1-40(2)11-5-6-30(45)42-12-9-24(10-13-42)44-32-23(22-43(34(44)46)27-18-26(47-3)19-28(48-4)31(27)35)20-37-33(39-32)38-29-8-7-25(21-36-29)41-14-16-49-17-15-41/h5-8,18-21,24,34,46H,9-17,22H2,1-4H3,(H,36,37,38,39)/b6-5+. The van der Waals surface area contributed by atoms with Gasteiger partial charge in [0.05, 0.1) is 51.5 Å². The zero-order chi connectivity index (χ0) is 34.5. The average molecular weight is 694 g/mol. The van der Waals surface area contributed by atoms with Crippen LogP contribution in [0, 0.1) is 0 Å². The van der Waals surface area contributed by atoms with Crippen molar-refractivity contribution in [3.63, 3.8) is 0 Å². The lowest BCUT2D eigenvalue weighted by Crippen LogP contribution is -2.59. The van der Waals surface area contributed by atoms with Gasteiger partial charge >= 0.3 is 0 Å². The molecule has 49 heavy (non-hydrogen) atoms. The minimum atomic E-state index is -1.14. The first-order valence-corrected chi connectivity index (χ1v) is 16.8. The Balaban J connectivity index is 1.28. The number of hydrogen-bond acceptors (Lipinski definition) is 13. The summed E-state index contributed by atoms with van der Waals surface area (Å²) in [6.45, 7) is 5.10. The van der Waals surface area contributed by atoms with E-state index in [-0.39, 0.29) is 18.5 Å². The van der Waals surface area contributed by atoms with E-state index in [9.17, 15) is 9.90 Å². The van der Waals surface area contributed by atoms with Crippen LogP contribution in [-0.4, -0.2) is 122 Å². The Bertz CT molecular complexity index is 1630. The molecule has 2 aromatic heterocycles. The third-order valence-electron chi connectivity index (χ3n) is 8.98. The number of nitrogens with zero attached hydrogens (tertiary/aromatic N) is 8. The predicted octanol–water partition coefficient (Wildman–Crippen LogP) is 3.33. The average Bonchev–Trinajstić information content (AvgIpc) is 3.12. The van der Waals surface area contributed by atoms with Crippen molar-refractivity contribution in [2.24, 2.45) is 0 Å². The van der Waals surface area contributed by atoms with Gasteiger partial charge in [-0.1, -0.05) is 17.7 Å². The molecular weight excluding hydrogens is 650 g/mol. The lowest BCUT2D eigenvalue weighted by molar-refractivity contribution is -0.127. The second-order valence-electron chi connectivity index (χ2n) is 12.4. The highest BCUT2D eigenvalue weighted by molar-refractivity contribution is 6.34. The molecular formula is C34H44ClN9O5. The van der Waals surface area contributed by atoms with Crippen LogP contribution in [0.25, 0.3) is 0 Å². The van der Waals surface area contributed by atoms with Gasteiger partial charge in [-0.2, -0.15) is 4.98 Å². The molecule has 1 unspecified atom stereocenters. The normalized spacial score (nSPS) is 18.6. The molecule has 0 bridgehead atoms. The van der Waals surface area contributed by atoms with E-state index in [4.69, 9.17) is 30.8 Å². The Hall–Kier alpha value is -4.37. The summed E-state index contributed by atoms with van der Waals surface area (Å²) >= 11 is 6.83. The SMILES string of the molecule is COc1cc(OC)c(Cl)c(N2Cc3cnc(Nc4ccc(N5CCOCC5)cn4)nc3N(C3CCN(C(=O)/C=C/CN(C)C)CC3)C2O)c1. The maximum atomic E-state index is 12.9. The maximum Gasteiger partial charge on any atom is 0.246 e. The molecule has 3 aromatic rings. The van der Waals surface area contributed by atoms with E-state index in [1.54, 1.807) is 36.4 Å². The molecule has 3 aliphatic heterocycles. The highest BCUT2D eigenvalue weighted by atomic mass is 35.5. The van der Waals surface area contributed by atoms with Crippen LogP contribution < -0.4 is 29.5 Å². The number of carbonyl (C=O) groups excluding carboxylic acids is 1. The summed E-state index contributed by atoms with van der Waals surface area (Å²) < 4.78 is 16.5. The van der Waals surface area contributed by atoms with Crippen LogP contribution in [0.1, 0.15) is 18.4 Å². The van der Waals surface area contributed by atoms with Gasteiger partial charge in [0, 0.05) is 68.7 Å². The minimum absolute atomic E-state index is 0.0160. The maximum absolute atomic E-state index is 12.9. The molecule has 0 aliphatic carbocycles. The number of methoxy groups -OCH3 is 2. The summed E-state index contributed by atoms with van der Waals surface area (Å²) in [6.07, 6.45) is 7.23. The van der Waals surface area contributed by atoms with Crippen molar-refractivity contribution in [1.29, 1.82) is 0 Å². The van der Waals surface area contributed by atoms with Crippen LogP contribution in [0.2, 0.25) is 5.02 Å². The van der Waals surface area contributed by atoms with E-state index in [0.29, 0.717) is 85.5 Å². The van der Waals surface area contributed by atoms with Crippen LogP contribution in [0.15, 0.2) is 48.8 Å². The smallest absolute Gasteiger partial charge is 0.246 e. The highest BCUT2D eigenvalue weighted by Gasteiger charge is 2.40. The molecule has 0 radical (unpaired) electrons. The van der Waals surface area contributed by atoms with Crippen molar-refractivity contribution < 1.29 is 24.1 Å². The van der Waals surface area contributed by atoms with Crippen molar-refractivity contribution in [3.8, 4) is 11.5 Å². The number of halogens is 1. The number of nitrogens with one attached hydrogen (secondary N) is 1. The summed E-state index contributed by atoms with van der Waals surface area (Å²) in [5.41, 5.74) is 2.38. The van der Waals surface area contributed by atoms with E-state index in [2.05, 4.69) is 20.2 Å². The van der Waals surface area contributed by atoms with Crippen molar-refractivity contribution >= 4 is 46.5 Å². The molecule has 2 saturated heterocycles. The third-order valence-corrected chi connectivity index (χ3v) is 9.36. The molecule has 2 N–H and O–H groups in total. The number of aliphatic hydroxyl groups is 1. The monoisotopic (exact) mass is 693 g/mol. The van der Waals surface area contributed by atoms with Crippen molar-refractivity contribution in [3.05, 3.63) is 59.4 Å². The van der Waals surface area contributed by atoms with Crippen LogP contribution in [-0.2, 0) is 16.1 Å². The molecule has 1 atom stereocenters. The number of fused-ring (bicyclic) bond motifs is 1. The molecule has 0 spiro atoms. The van der Waals surface area contributed by atoms with E-state index in [1.807, 2.05) is 53.2 Å². The Morgan fingerprint density at radius 1 is 1.10 bits per heavy atom. The molecule has 6 rings (SSSR count). The van der Waals surface area contributed by atoms with Gasteiger partial charge < -0.3 is 49.1 Å². The first kappa shape index (κ1) is 34.5. The predicted molar refractivity (Wildman–Crippen MR) is 189 cm³/mol. The van der Waals surface area contributed by atoms with Gasteiger partial charge in [0.15, 0.2) is 0 Å². The topological polar surface area (TPSA) is 132 Å². The lowest BCUT2D eigenvalue weighted by Gasteiger charge is -2.48. The van der Waals surface area contributed by atoms with Crippen LogP contribution in [0.5, 0.6) is 11.5 Å². The molecule has 262 valence electrons. The zero-order valence-corrected chi connectivity index (χ0v) is 29.1. The summed E-state index contributed by atoms with van der Waals surface area (Å²) in [4.78, 5) is 36.9. The fourth-order valence-electron chi connectivity index (χ4n) is 6.34. The number of aliphatic hydroxyl groups excluding tert-OH is 1. The van der Waals surface area contributed by atoms with Gasteiger partial charge in [-0.15, -0.1) is 0 Å². The number of aromatic nitrogens is 3. The van der Waals surface area contributed by atoms with Gasteiger partial charge in [-0.3, -0.25) is 4.79 Å². The molecule has 3 aliphatic rings. The van der Waals surface area contributed by atoms with Crippen LogP contribution >= 0.6 is 11.6 Å².